The van der Waals surface area contributed by atoms with Gasteiger partial charge in [-0.25, -0.2) is 4.98 Å². The first-order valence-electron chi connectivity index (χ1n) is 7.14. The summed E-state index contributed by atoms with van der Waals surface area (Å²) >= 11 is 0. The molecule has 0 unspecified atom stereocenters. The second-order valence-electron chi connectivity index (χ2n) is 5.59. The van der Waals surface area contributed by atoms with Gasteiger partial charge in [0.2, 0.25) is 5.95 Å². The molecular weight excluding hydrogens is 238 g/mol. The summed E-state index contributed by atoms with van der Waals surface area (Å²) in [7, 11) is 0. The lowest BCUT2D eigenvalue weighted by Crippen LogP contribution is -2.39. The van der Waals surface area contributed by atoms with E-state index in [0.29, 0.717) is 6.54 Å². The molecule has 0 amide bonds. The lowest BCUT2D eigenvalue weighted by molar-refractivity contribution is 0.377. The summed E-state index contributed by atoms with van der Waals surface area (Å²) in [6, 6.07) is 0. The molecule has 0 aliphatic heterocycles. The Kier molecular flexibility index (Phi) is 5.66. The van der Waals surface area contributed by atoms with Crippen LogP contribution in [0.1, 0.15) is 46.0 Å². The lowest BCUT2D eigenvalue weighted by Gasteiger charge is -2.31. The van der Waals surface area contributed by atoms with E-state index < -0.39 is 0 Å². The first-order chi connectivity index (χ1) is 8.97. The minimum absolute atomic E-state index is 0.0508. The van der Waals surface area contributed by atoms with Gasteiger partial charge in [-0.1, -0.05) is 27.7 Å². The molecular formula is C14H27N5. The zero-order valence-electron chi connectivity index (χ0n) is 12.9. The number of anilines is 1. The zero-order valence-corrected chi connectivity index (χ0v) is 12.9. The Morgan fingerprint density at radius 3 is 2.16 bits per heavy atom. The summed E-state index contributed by atoms with van der Waals surface area (Å²) in [6.07, 6.45) is 1.77. The largest absolute Gasteiger partial charge is 0.339 e. The van der Waals surface area contributed by atoms with Crippen LogP contribution in [-0.4, -0.2) is 34.8 Å². The number of hydrogen-bond acceptors (Lipinski definition) is 5. The van der Waals surface area contributed by atoms with Crippen LogP contribution in [0.15, 0.2) is 0 Å². The smallest absolute Gasteiger partial charge is 0.245 e. The van der Waals surface area contributed by atoms with E-state index in [1.807, 2.05) is 0 Å². The van der Waals surface area contributed by atoms with Crippen LogP contribution in [0, 0.1) is 5.41 Å². The van der Waals surface area contributed by atoms with E-state index >= 15 is 0 Å². The van der Waals surface area contributed by atoms with E-state index in [2.05, 4.69) is 54.7 Å². The summed E-state index contributed by atoms with van der Waals surface area (Å²) in [6.45, 7) is 13.0. The van der Waals surface area contributed by atoms with Crippen LogP contribution < -0.4 is 10.6 Å². The second-order valence-corrected chi connectivity index (χ2v) is 5.59. The Labute approximate surface area is 116 Å². The van der Waals surface area contributed by atoms with Gasteiger partial charge in [0.05, 0.1) is 11.4 Å². The Bertz CT molecular complexity index is 403. The average Bonchev–Trinajstić information content (AvgIpc) is 2.44. The van der Waals surface area contributed by atoms with Crippen molar-refractivity contribution < 1.29 is 0 Å². The van der Waals surface area contributed by atoms with Gasteiger partial charge < -0.3 is 10.6 Å². The molecule has 5 heteroatoms. The summed E-state index contributed by atoms with van der Waals surface area (Å²) in [5.41, 5.74) is 7.91. The quantitative estimate of drug-likeness (QED) is 0.814. The third-order valence-electron chi connectivity index (χ3n) is 3.33. The van der Waals surface area contributed by atoms with Crippen LogP contribution in [0.5, 0.6) is 0 Å². The number of nitrogens with zero attached hydrogens (tertiary/aromatic N) is 4. The van der Waals surface area contributed by atoms with E-state index in [0.717, 1.165) is 43.3 Å². The topological polar surface area (TPSA) is 67.9 Å². The molecule has 0 fully saturated rings. The fraction of sp³-hybridized carbons (Fsp3) is 0.786. The third kappa shape index (κ3) is 4.13. The zero-order chi connectivity index (χ0) is 14.5. The van der Waals surface area contributed by atoms with Crippen molar-refractivity contribution in [2.45, 2.75) is 47.5 Å². The molecule has 1 aromatic heterocycles. The fourth-order valence-electron chi connectivity index (χ4n) is 1.97. The van der Waals surface area contributed by atoms with E-state index in [1.54, 1.807) is 0 Å². The van der Waals surface area contributed by atoms with Gasteiger partial charge in [-0.05, 0) is 31.7 Å². The summed E-state index contributed by atoms with van der Waals surface area (Å²) in [5, 5.41) is 8.58. The Balaban J connectivity index is 2.99. The summed E-state index contributed by atoms with van der Waals surface area (Å²) in [5.74, 6) is 0.720. The molecule has 2 N–H and O–H groups in total. The molecule has 0 radical (unpaired) electrons. The maximum absolute atomic E-state index is 5.81. The van der Waals surface area contributed by atoms with Crippen LogP contribution in [0.3, 0.4) is 0 Å². The van der Waals surface area contributed by atoms with Crippen molar-refractivity contribution in [1.29, 1.82) is 0 Å². The van der Waals surface area contributed by atoms with Gasteiger partial charge in [0.15, 0.2) is 0 Å². The van der Waals surface area contributed by atoms with Crippen LogP contribution in [0.2, 0.25) is 0 Å². The molecule has 0 aliphatic rings. The second kappa shape index (κ2) is 6.80. The molecule has 0 aliphatic carbocycles. The highest BCUT2D eigenvalue weighted by atomic mass is 15.3. The highest BCUT2D eigenvalue weighted by Gasteiger charge is 2.22. The molecule has 0 bridgehead atoms. The average molecular weight is 265 g/mol. The summed E-state index contributed by atoms with van der Waals surface area (Å²) in [4.78, 5) is 6.81. The predicted molar refractivity (Wildman–Crippen MR) is 79.3 cm³/mol. The Morgan fingerprint density at radius 2 is 1.68 bits per heavy atom. The molecule has 0 saturated carbocycles. The van der Waals surface area contributed by atoms with Crippen molar-refractivity contribution >= 4 is 5.95 Å². The van der Waals surface area contributed by atoms with Gasteiger partial charge in [0.25, 0.3) is 0 Å². The third-order valence-corrected chi connectivity index (χ3v) is 3.33. The van der Waals surface area contributed by atoms with Crippen molar-refractivity contribution in [3.63, 3.8) is 0 Å². The standard InChI is InChI=1S/C14H27N5/c1-6-11-12(7-2)17-18-13(16-11)19(8-3)10-14(4,5)9-15/h6-10,15H2,1-5H3. The molecule has 5 nitrogen and oxygen atoms in total. The molecule has 0 atom stereocenters. The molecule has 19 heavy (non-hydrogen) atoms. The van der Waals surface area contributed by atoms with Crippen LogP contribution >= 0.6 is 0 Å². The van der Waals surface area contributed by atoms with Gasteiger partial charge in [-0.2, -0.15) is 5.10 Å². The van der Waals surface area contributed by atoms with Crippen molar-refractivity contribution in [1.82, 2.24) is 15.2 Å². The van der Waals surface area contributed by atoms with Gasteiger partial charge in [0, 0.05) is 13.1 Å². The number of nitrogens with two attached hydrogens (primary N) is 1. The fourth-order valence-corrected chi connectivity index (χ4v) is 1.97. The summed E-state index contributed by atoms with van der Waals surface area (Å²) < 4.78 is 0. The molecule has 1 rings (SSSR count). The van der Waals surface area contributed by atoms with Gasteiger partial charge in [0.1, 0.15) is 0 Å². The van der Waals surface area contributed by atoms with Gasteiger partial charge >= 0.3 is 0 Å². The minimum atomic E-state index is 0.0508. The first-order valence-corrected chi connectivity index (χ1v) is 7.14. The molecule has 0 aromatic carbocycles. The molecule has 0 spiro atoms. The van der Waals surface area contributed by atoms with Crippen molar-refractivity contribution in [2.75, 3.05) is 24.5 Å². The van der Waals surface area contributed by atoms with Gasteiger partial charge in [-0.15, -0.1) is 5.10 Å². The highest BCUT2D eigenvalue weighted by molar-refractivity contribution is 5.30. The molecule has 1 aromatic rings. The minimum Gasteiger partial charge on any atom is -0.339 e. The SMILES string of the molecule is CCc1nnc(N(CC)CC(C)(C)CN)nc1CC. The maximum atomic E-state index is 5.81. The van der Waals surface area contributed by atoms with E-state index in [9.17, 15) is 0 Å². The lowest BCUT2D eigenvalue weighted by atomic mass is 9.93. The van der Waals surface area contributed by atoms with Crippen LogP contribution in [-0.2, 0) is 12.8 Å². The molecule has 1 heterocycles. The number of aryl methyl sites for hydroxylation is 2. The number of aromatic nitrogens is 3. The molecule has 108 valence electrons. The van der Waals surface area contributed by atoms with Gasteiger partial charge in [-0.3, -0.25) is 0 Å². The normalized spacial score (nSPS) is 11.7. The number of hydrogen-bond donors (Lipinski definition) is 1. The Hall–Kier alpha value is -1.23. The van der Waals surface area contributed by atoms with Crippen molar-refractivity contribution in [2.24, 2.45) is 11.1 Å². The van der Waals surface area contributed by atoms with E-state index in [4.69, 9.17) is 5.73 Å². The number of rotatable bonds is 7. The van der Waals surface area contributed by atoms with Crippen molar-refractivity contribution in [3.05, 3.63) is 11.4 Å². The monoisotopic (exact) mass is 265 g/mol. The maximum Gasteiger partial charge on any atom is 0.245 e. The predicted octanol–water partition coefficient (Wildman–Crippen LogP) is 1.81. The van der Waals surface area contributed by atoms with Crippen molar-refractivity contribution in [3.8, 4) is 0 Å². The first kappa shape index (κ1) is 15.8. The molecule has 0 saturated heterocycles. The van der Waals surface area contributed by atoms with E-state index in [-0.39, 0.29) is 5.41 Å². The highest BCUT2D eigenvalue weighted by Crippen LogP contribution is 2.18. The Morgan fingerprint density at radius 1 is 1.05 bits per heavy atom. The van der Waals surface area contributed by atoms with E-state index in [1.165, 1.54) is 0 Å². The van der Waals surface area contributed by atoms with Crippen LogP contribution in [0.25, 0.3) is 0 Å². The van der Waals surface area contributed by atoms with Crippen LogP contribution in [0.4, 0.5) is 5.95 Å².